The van der Waals surface area contributed by atoms with Crippen LogP contribution in [0.3, 0.4) is 0 Å². The minimum Gasteiger partial charge on any atom is -0.455 e. The number of hydrogen-bond acceptors (Lipinski definition) is 6. The molecule has 8 heteroatoms. The van der Waals surface area contributed by atoms with Gasteiger partial charge >= 0.3 is 0 Å². The normalized spacial score (nSPS) is 11.1. The summed E-state index contributed by atoms with van der Waals surface area (Å²) in [6.45, 7) is 0. The van der Waals surface area contributed by atoms with Crippen LogP contribution in [0.25, 0.3) is 33.1 Å². The predicted molar refractivity (Wildman–Crippen MR) is 147 cm³/mol. The molecule has 0 radical (unpaired) electrons. The van der Waals surface area contributed by atoms with E-state index >= 15 is 0 Å². The molecule has 0 amide bonds. The maximum absolute atomic E-state index is 11.8. The zero-order valence-corrected chi connectivity index (χ0v) is 20.5. The molecular weight excluding hydrogens is 486 g/mol. The maximum atomic E-state index is 11.8. The lowest BCUT2D eigenvalue weighted by molar-refractivity contribution is 0.486. The van der Waals surface area contributed by atoms with Crippen molar-refractivity contribution in [1.29, 1.82) is 0 Å². The molecule has 0 saturated carbocycles. The van der Waals surface area contributed by atoms with E-state index in [4.69, 9.17) is 16.3 Å². The van der Waals surface area contributed by atoms with Gasteiger partial charge in [-0.05, 0) is 42.5 Å². The van der Waals surface area contributed by atoms with Crippen molar-refractivity contribution >= 4 is 44.9 Å². The second-order valence-electron chi connectivity index (χ2n) is 8.47. The molecule has 0 bridgehead atoms. The molecule has 3 heterocycles. The molecule has 0 aliphatic heterocycles. The van der Waals surface area contributed by atoms with Gasteiger partial charge in [-0.3, -0.25) is 9.78 Å². The fraction of sp³-hybridized carbons (Fsp3) is 0.0345. The number of aromatic nitrogens is 4. The van der Waals surface area contributed by atoms with Crippen molar-refractivity contribution in [3.05, 3.63) is 113 Å². The summed E-state index contributed by atoms with van der Waals surface area (Å²) < 4.78 is 6.06. The van der Waals surface area contributed by atoms with Crippen LogP contribution < -0.4 is 15.2 Å². The van der Waals surface area contributed by atoms with Crippen molar-refractivity contribution in [2.75, 3.05) is 11.9 Å². The molecule has 0 spiro atoms. The van der Waals surface area contributed by atoms with Gasteiger partial charge in [0.1, 0.15) is 17.0 Å². The molecule has 37 heavy (non-hydrogen) atoms. The van der Waals surface area contributed by atoms with Gasteiger partial charge in [-0.1, -0.05) is 48.0 Å². The van der Waals surface area contributed by atoms with Crippen LogP contribution in [0.1, 0.15) is 0 Å². The smallest absolute Gasteiger partial charge is 0.248 e. The number of nitrogens with zero attached hydrogens (tertiary/aromatic N) is 4. The van der Waals surface area contributed by atoms with Crippen molar-refractivity contribution in [3.63, 3.8) is 0 Å². The van der Waals surface area contributed by atoms with Crippen molar-refractivity contribution in [2.24, 2.45) is 0 Å². The molecular formula is C29H20ClN5O2. The second-order valence-corrected chi connectivity index (χ2v) is 8.91. The minimum atomic E-state index is -0.210. The Morgan fingerprint density at radius 1 is 0.838 bits per heavy atom. The van der Waals surface area contributed by atoms with Crippen molar-refractivity contribution < 1.29 is 4.74 Å². The van der Waals surface area contributed by atoms with Crippen LogP contribution in [0, 0.1) is 0 Å². The molecule has 3 aromatic carbocycles. The van der Waals surface area contributed by atoms with Gasteiger partial charge in [-0.15, -0.1) is 10.2 Å². The molecule has 0 atom stereocenters. The van der Waals surface area contributed by atoms with Gasteiger partial charge in [0.2, 0.25) is 5.56 Å². The maximum Gasteiger partial charge on any atom is 0.248 e. The first-order chi connectivity index (χ1) is 18.1. The number of fused-ring (bicyclic) bond motifs is 2. The summed E-state index contributed by atoms with van der Waals surface area (Å²) in [5.74, 6) is 1.89. The molecule has 3 aromatic heterocycles. The van der Waals surface area contributed by atoms with Gasteiger partial charge in [0.05, 0.1) is 5.52 Å². The van der Waals surface area contributed by atoms with Gasteiger partial charge in [-0.25, -0.2) is 0 Å². The van der Waals surface area contributed by atoms with E-state index in [2.05, 4.69) is 20.2 Å². The number of benzene rings is 3. The molecule has 0 aliphatic carbocycles. The Bertz CT molecular complexity index is 1800. The SMILES string of the molecule is CN(c1ccc(Oc2ccnc3ccc(=O)[nH]c23)cc1)c1nnc(-c2ccc(Cl)cc2)c2ccccc12. The third-order valence-electron chi connectivity index (χ3n) is 6.14. The van der Waals surface area contributed by atoms with Gasteiger partial charge in [0.25, 0.3) is 0 Å². The average molecular weight is 506 g/mol. The van der Waals surface area contributed by atoms with E-state index in [9.17, 15) is 4.79 Å². The van der Waals surface area contributed by atoms with Crippen LogP contribution in [0.4, 0.5) is 11.5 Å². The van der Waals surface area contributed by atoms with Gasteiger partial charge in [-0.2, -0.15) is 0 Å². The van der Waals surface area contributed by atoms with E-state index in [0.717, 1.165) is 33.5 Å². The van der Waals surface area contributed by atoms with E-state index < -0.39 is 0 Å². The van der Waals surface area contributed by atoms with Crippen LogP contribution in [0.2, 0.25) is 5.02 Å². The second kappa shape index (κ2) is 9.37. The summed E-state index contributed by atoms with van der Waals surface area (Å²) in [5.41, 5.74) is 3.67. The fourth-order valence-corrected chi connectivity index (χ4v) is 4.39. The molecule has 7 nitrogen and oxygen atoms in total. The lowest BCUT2D eigenvalue weighted by Gasteiger charge is -2.21. The lowest BCUT2D eigenvalue weighted by Crippen LogP contribution is -2.13. The van der Waals surface area contributed by atoms with Crippen LogP contribution in [-0.4, -0.2) is 27.2 Å². The Balaban J connectivity index is 1.32. The van der Waals surface area contributed by atoms with Crippen molar-refractivity contribution in [3.8, 4) is 22.8 Å². The number of ether oxygens (including phenoxy) is 1. The Kier molecular flexibility index (Phi) is 5.75. The Morgan fingerprint density at radius 2 is 1.59 bits per heavy atom. The molecule has 0 unspecified atom stereocenters. The largest absolute Gasteiger partial charge is 0.455 e. The number of anilines is 2. The van der Waals surface area contributed by atoms with Crippen LogP contribution in [-0.2, 0) is 0 Å². The summed E-state index contributed by atoms with van der Waals surface area (Å²) >= 11 is 6.07. The summed E-state index contributed by atoms with van der Waals surface area (Å²) in [7, 11) is 1.95. The highest BCUT2D eigenvalue weighted by atomic mass is 35.5. The molecule has 0 saturated heterocycles. The Morgan fingerprint density at radius 3 is 2.38 bits per heavy atom. The molecule has 0 fully saturated rings. The van der Waals surface area contributed by atoms with Crippen LogP contribution >= 0.6 is 11.6 Å². The molecule has 6 rings (SSSR count). The number of H-pyrrole nitrogens is 1. The van der Waals surface area contributed by atoms with E-state index in [-0.39, 0.29) is 5.56 Å². The number of halogens is 1. The number of pyridine rings is 2. The number of hydrogen-bond donors (Lipinski definition) is 1. The van der Waals surface area contributed by atoms with Crippen LogP contribution in [0.15, 0.2) is 102 Å². The highest BCUT2D eigenvalue weighted by molar-refractivity contribution is 6.30. The van der Waals surface area contributed by atoms with E-state index in [1.165, 1.54) is 6.07 Å². The number of rotatable bonds is 5. The average Bonchev–Trinajstić information content (AvgIpc) is 2.93. The highest BCUT2D eigenvalue weighted by Crippen LogP contribution is 2.35. The molecule has 6 aromatic rings. The minimum absolute atomic E-state index is 0.210. The zero-order valence-electron chi connectivity index (χ0n) is 19.7. The van der Waals surface area contributed by atoms with E-state index in [0.29, 0.717) is 27.6 Å². The predicted octanol–water partition coefficient (Wildman–Crippen LogP) is 6.75. The van der Waals surface area contributed by atoms with Gasteiger partial charge in [0.15, 0.2) is 11.6 Å². The van der Waals surface area contributed by atoms with Crippen molar-refractivity contribution in [2.45, 2.75) is 0 Å². The highest BCUT2D eigenvalue weighted by Gasteiger charge is 2.15. The first kappa shape index (κ1) is 22.7. The van der Waals surface area contributed by atoms with Gasteiger partial charge < -0.3 is 14.6 Å². The molecule has 0 aliphatic rings. The Labute approximate surface area is 217 Å². The summed E-state index contributed by atoms with van der Waals surface area (Å²) in [6.07, 6.45) is 1.65. The van der Waals surface area contributed by atoms with E-state index in [1.54, 1.807) is 18.3 Å². The summed E-state index contributed by atoms with van der Waals surface area (Å²) in [4.78, 5) is 20.8. The summed E-state index contributed by atoms with van der Waals surface area (Å²) in [6, 6.07) is 28.2. The summed E-state index contributed by atoms with van der Waals surface area (Å²) in [5, 5.41) is 11.8. The third kappa shape index (κ3) is 4.37. The molecule has 180 valence electrons. The standard InChI is InChI=1S/C29H20ClN5O2/c1-35(29-23-5-3-2-4-22(23)27(33-34-29)18-6-8-19(30)9-7-18)20-10-12-21(13-11-20)37-25-16-17-31-24-14-15-26(36)32-28(24)25/h2-17H,1H3,(H,32,36). The van der Waals surface area contributed by atoms with Crippen LogP contribution in [0.5, 0.6) is 11.5 Å². The van der Waals surface area contributed by atoms with Gasteiger partial charge in [0, 0.05) is 52.4 Å². The lowest BCUT2D eigenvalue weighted by atomic mass is 10.0. The quantitative estimate of drug-likeness (QED) is 0.279. The third-order valence-corrected chi connectivity index (χ3v) is 6.39. The number of nitrogens with one attached hydrogen (secondary N) is 1. The zero-order chi connectivity index (χ0) is 25.4. The molecule has 1 N–H and O–H groups in total. The topological polar surface area (TPSA) is 84.0 Å². The first-order valence-electron chi connectivity index (χ1n) is 11.6. The monoisotopic (exact) mass is 505 g/mol. The Hall–Kier alpha value is -4.75. The number of aromatic amines is 1. The van der Waals surface area contributed by atoms with Crippen molar-refractivity contribution in [1.82, 2.24) is 20.2 Å². The first-order valence-corrected chi connectivity index (χ1v) is 12.0. The fourth-order valence-electron chi connectivity index (χ4n) is 4.26. The van der Waals surface area contributed by atoms with E-state index in [1.807, 2.05) is 84.7 Å².